The molecule has 2 aromatic heterocycles. The summed E-state index contributed by atoms with van der Waals surface area (Å²) in [6.45, 7) is 2.41. The third kappa shape index (κ3) is 5.48. The molecule has 4 rings (SSSR count). The van der Waals surface area contributed by atoms with Crippen LogP contribution >= 0.6 is 11.8 Å². The SMILES string of the molecule is CSCc1cc2nc(c1)O[C@@H](C)CCCCOc1cc(F)ccc1-c1cc(ncc1F)N2. The fourth-order valence-electron chi connectivity index (χ4n) is 3.60. The van der Waals surface area contributed by atoms with E-state index >= 15 is 0 Å². The van der Waals surface area contributed by atoms with Gasteiger partial charge in [0.15, 0.2) is 0 Å². The Balaban J connectivity index is 1.78. The molecular weight excluding hydrogens is 432 g/mol. The summed E-state index contributed by atoms with van der Waals surface area (Å²) in [6.07, 6.45) is 5.61. The van der Waals surface area contributed by atoms with Gasteiger partial charge in [-0.15, -0.1) is 0 Å². The van der Waals surface area contributed by atoms with Crippen LogP contribution in [0.25, 0.3) is 11.1 Å². The average Bonchev–Trinajstić information content (AvgIpc) is 2.75. The summed E-state index contributed by atoms with van der Waals surface area (Å²) in [5.74, 6) is 1.67. The summed E-state index contributed by atoms with van der Waals surface area (Å²) >= 11 is 1.70. The quantitative estimate of drug-likeness (QED) is 0.483. The van der Waals surface area contributed by atoms with E-state index in [1.807, 2.05) is 25.3 Å². The molecule has 1 atom stereocenters. The maximum absolute atomic E-state index is 14.7. The zero-order valence-electron chi connectivity index (χ0n) is 18.0. The van der Waals surface area contributed by atoms with Crippen LogP contribution in [0.3, 0.4) is 0 Å². The van der Waals surface area contributed by atoms with Crippen molar-refractivity contribution in [2.24, 2.45) is 0 Å². The Morgan fingerprint density at radius 1 is 1.09 bits per heavy atom. The van der Waals surface area contributed by atoms with E-state index in [1.165, 1.54) is 18.2 Å². The van der Waals surface area contributed by atoms with Crippen LogP contribution in [-0.4, -0.2) is 28.9 Å². The van der Waals surface area contributed by atoms with Crippen molar-refractivity contribution in [1.29, 1.82) is 0 Å². The average molecular weight is 458 g/mol. The van der Waals surface area contributed by atoms with Crippen LogP contribution in [0.5, 0.6) is 11.6 Å². The Morgan fingerprint density at radius 2 is 1.97 bits per heavy atom. The molecule has 0 spiro atoms. The highest BCUT2D eigenvalue weighted by Gasteiger charge is 2.16. The monoisotopic (exact) mass is 457 g/mol. The van der Waals surface area contributed by atoms with Crippen molar-refractivity contribution in [2.45, 2.75) is 38.0 Å². The predicted octanol–water partition coefficient (Wildman–Crippen LogP) is 6.36. The number of hydrogen-bond acceptors (Lipinski definition) is 6. The summed E-state index contributed by atoms with van der Waals surface area (Å²) in [7, 11) is 0. The van der Waals surface area contributed by atoms with Gasteiger partial charge >= 0.3 is 0 Å². The molecule has 32 heavy (non-hydrogen) atoms. The number of pyridine rings is 2. The van der Waals surface area contributed by atoms with Crippen LogP contribution in [0.1, 0.15) is 31.7 Å². The van der Waals surface area contributed by atoms with Crippen LogP contribution < -0.4 is 14.8 Å². The maximum atomic E-state index is 14.7. The fraction of sp³-hybridized carbons (Fsp3) is 0.333. The highest BCUT2D eigenvalue weighted by Crippen LogP contribution is 2.34. The lowest BCUT2D eigenvalue weighted by molar-refractivity contribution is 0.194. The first-order valence-electron chi connectivity index (χ1n) is 10.5. The summed E-state index contributed by atoms with van der Waals surface area (Å²) in [5, 5.41) is 3.16. The maximum Gasteiger partial charge on any atom is 0.215 e. The van der Waals surface area contributed by atoms with Crippen molar-refractivity contribution in [2.75, 3.05) is 18.2 Å². The van der Waals surface area contributed by atoms with Gasteiger partial charge in [0.2, 0.25) is 5.88 Å². The Morgan fingerprint density at radius 3 is 2.81 bits per heavy atom. The second-order valence-corrected chi connectivity index (χ2v) is 8.59. The molecule has 1 aliphatic heterocycles. The number of fused-ring (bicyclic) bond motifs is 6. The number of thioether (sulfide) groups is 1. The highest BCUT2D eigenvalue weighted by molar-refractivity contribution is 7.97. The first kappa shape index (κ1) is 22.3. The van der Waals surface area contributed by atoms with Crippen molar-refractivity contribution in [1.82, 2.24) is 9.97 Å². The number of benzene rings is 1. The number of hydrogen-bond donors (Lipinski definition) is 1. The molecule has 3 aromatic rings. The van der Waals surface area contributed by atoms with Crippen molar-refractivity contribution >= 4 is 23.4 Å². The van der Waals surface area contributed by atoms with E-state index in [4.69, 9.17) is 9.47 Å². The van der Waals surface area contributed by atoms with Gasteiger partial charge in [-0.2, -0.15) is 16.7 Å². The Labute approximate surface area is 190 Å². The molecule has 4 bridgehead atoms. The third-order valence-corrected chi connectivity index (χ3v) is 5.72. The van der Waals surface area contributed by atoms with E-state index in [-0.39, 0.29) is 11.7 Å². The number of nitrogens with one attached hydrogen (secondary N) is 1. The minimum absolute atomic E-state index is 0.0203. The summed E-state index contributed by atoms with van der Waals surface area (Å²) in [6, 6.07) is 9.56. The van der Waals surface area contributed by atoms with Crippen molar-refractivity contribution in [3.8, 4) is 22.8 Å². The zero-order chi connectivity index (χ0) is 22.5. The summed E-state index contributed by atoms with van der Waals surface area (Å²) < 4.78 is 40.5. The molecule has 0 saturated heterocycles. The van der Waals surface area contributed by atoms with Gasteiger partial charge in [-0.05, 0) is 62.3 Å². The lowest BCUT2D eigenvalue weighted by Gasteiger charge is -2.18. The molecule has 8 heteroatoms. The van der Waals surface area contributed by atoms with E-state index < -0.39 is 11.6 Å². The Bertz CT molecular complexity index is 1100. The lowest BCUT2D eigenvalue weighted by atomic mass is 10.0. The van der Waals surface area contributed by atoms with Gasteiger partial charge in [0.25, 0.3) is 0 Å². The number of nitrogens with zero attached hydrogens (tertiary/aromatic N) is 2. The second kappa shape index (κ2) is 10.2. The molecule has 1 N–H and O–H groups in total. The van der Waals surface area contributed by atoms with Crippen molar-refractivity contribution < 1.29 is 18.3 Å². The minimum atomic E-state index is -0.518. The van der Waals surface area contributed by atoms with Crippen LogP contribution in [0.15, 0.2) is 42.6 Å². The first-order valence-corrected chi connectivity index (χ1v) is 11.9. The molecule has 1 aliphatic rings. The molecular formula is C24H25F2N3O2S. The van der Waals surface area contributed by atoms with Gasteiger partial charge in [-0.1, -0.05) is 0 Å². The summed E-state index contributed by atoms with van der Waals surface area (Å²) in [4.78, 5) is 8.74. The number of anilines is 2. The van der Waals surface area contributed by atoms with E-state index in [0.29, 0.717) is 35.4 Å². The number of halogens is 2. The van der Waals surface area contributed by atoms with Gasteiger partial charge in [0, 0.05) is 29.0 Å². The van der Waals surface area contributed by atoms with E-state index in [1.54, 1.807) is 17.8 Å². The smallest absolute Gasteiger partial charge is 0.215 e. The molecule has 1 aromatic carbocycles. The summed E-state index contributed by atoms with van der Waals surface area (Å²) in [5.41, 5.74) is 1.81. The lowest BCUT2D eigenvalue weighted by Crippen LogP contribution is -2.14. The molecule has 5 nitrogen and oxygen atoms in total. The van der Waals surface area contributed by atoms with Gasteiger partial charge in [0.1, 0.15) is 29.0 Å². The van der Waals surface area contributed by atoms with Crippen LogP contribution in [0, 0.1) is 11.6 Å². The van der Waals surface area contributed by atoms with Gasteiger partial charge < -0.3 is 14.8 Å². The fourth-order valence-corrected chi connectivity index (χ4v) is 4.10. The van der Waals surface area contributed by atoms with Gasteiger partial charge in [-0.25, -0.2) is 13.8 Å². The normalized spacial score (nSPS) is 16.3. The Kier molecular flexibility index (Phi) is 7.09. The number of ether oxygens (including phenoxy) is 2. The first-order chi connectivity index (χ1) is 15.5. The molecule has 0 amide bonds. The molecule has 0 radical (unpaired) electrons. The van der Waals surface area contributed by atoms with Crippen LogP contribution in [-0.2, 0) is 5.75 Å². The molecule has 3 heterocycles. The highest BCUT2D eigenvalue weighted by atomic mass is 32.2. The van der Waals surface area contributed by atoms with E-state index in [0.717, 1.165) is 36.8 Å². The van der Waals surface area contributed by atoms with Crippen molar-refractivity contribution in [3.05, 3.63) is 59.8 Å². The Hall–Kier alpha value is -2.87. The molecule has 168 valence electrons. The molecule has 0 unspecified atom stereocenters. The van der Waals surface area contributed by atoms with Gasteiger partial charge in [0.05, 0.1) is 18.9 Å². The van der Waals surface area contributed by atoms with Crippen molar-refractivity contribution in [3.63, 3.8) is 0 Å². The van der Waals surface area contributed by atoms with E-state index in [2.05, 4.69) is 15.3 Å². The number of rotatable bonds is 2. The third-order valence-electron chi connectivity index (χ3n) is 5.10. The largest absolute Gasteiger partial charge is 0.493 e. The standard InChI is InChI=1S/C24H25F2N3O2S/c1-15-5-3-4-8-30-21-11-17(25)6-7-18(21)19-12-22(27-13-20(19)26)28-23-9-16(14-32-2)10-24(29-23)31-15/h6-7,9-13,15H,3-5,8,14H2,1-2H3,(H,27,28,29)/t15-/m0/s1. The molecule has 0 fully saturated rings. The predicted molar refractivity (Wildman–Crippen MR) is 124 cm³/mol. The second-order valence-electron chi connectivity index (χ2n) is 7.72. The van der Waals surface area contributed by atoms with E-state index in [9.17, 15) is 8.78 Å². The molecule has 0 aliphatic carbocycles. The van der Waals surface area contributed by atoms with Crippen LogP contribution in [0.4, 0.5) is 20.4 Å². The zero-order valence-corrected chi connectivity index (χ0v) is 18.8. The minimum Gasteiger partial charge on any atom is -0.493 e. The topological polar surface area (TPSA) is 56.3 Å². The molecule has 0 saturated carbocycles. The van der Waals surface area contributed by atoms with Crippen LogP contribution in [0.2, 0.25) is 0 Å². The number of aromatic nitrogens is 2. The van der Waals surface area contributed by atoms with Gasteiger partial charge in [-0.3, -0.25) is 0 Å².